The van der Waals surface area contributed by atoms with Crippen LogP contribution in [-0.4, -0.2) is 33.1 Å². The van der Waals surface area contributed by atoms with E-state index in [1.807, 2.05) is 19.2 Å². The van der Waals surface area contributed by atoms with Crippen LogP contribution in [0.3, 0.4) is 0 Å². The zero-order chi connectivity index (χ0) is 14.5. The van der Waals surface area contributed by atoms with Gasteiger partial charge < -0.3 is 10.1 Å². The molecule has 0 atom stereocenters. The van der Waals surface area contributed by atoms with Crippen molar-refractivity contribution in [2.75, 3.05) is 19.4 Å². The third kappa shape index (κ3) is 4.67. The fourth-order valence-electron chi connectivity index (χ4n) is 1.54. The number of sulfone groups is 1. The average Bonchev–Trinajstić information content (AvgIpc) is 2.32. The highest BCUT2D eigenvalue weighted by Crippen LogP contribution is 2.28. The van der Waals surface area contributed by atoms with E-state index in [0.717, 1.165) is 5.56 Å². The van der Waals surface area contributed by atoms with Crippen molar-refractivity contribution in [3.05, 3.63) is 28.8 Å². The Morgan fingerprint density at radius 3 is 2.63 bits per heavy atom. The molecule has 1 rings (SSSR count). The van der Waals surface area contributed by atoms with Crippen LogP contribution in [0.15, 0.2) is 18.2 Å². The van der Waals surface area contributed by atoms with Crippen LogP contribution in [-0.2, 0) is 16.4 Å². The zero-order valence-corrected chi connectivity index (χ0v) is 13.0. The molecule has 0 amide bonds. The molecule has 0 aliphatic rings. The monoisotopic (exact) mass is 305 g/mol. The maximum atomic E-state index is 11.7. The Bertz CT molecular complexity index is 515. The molecule has 0 saturated carbocycles. The molecule has 0 aliphatic heterocycles. The fourth-order valence-corrected chi connectivity index (χ4v) is 2.58. The van der Waals surface area contributed by atoms with Gasteiger partial charge in [0, 0.05) is 12.1 Å². The first-order valence-corrected chi connectivity index (χ1v) is 8.24. The minimum absolute atomic E-state index is 0.00508. The summed E-state index contributed by atoms with van der Waals surface area (Å²) in [5.41, 5.74) is 0.914. The zero-order valence-electron chi connectivity index (χ0n) is 11.4. The standard InChI is InChI=1S/C13H20ClNO3S/c1-10(2)19(16,17)8-7-18-13-11(9-15-3)5-4-6-12(13)14/h4-6,10,15H,7-9H2,1-3H3. The Morgan fingerprint density at radius 1 is 1.37 bits per heavy atom. The van der Waals surface area contributed by atoms with Gasteiger partial charge in [0.15, 0.2) is 9.84 Å². The third-order valence-electron chi connectivity index (χ3n) is 2.75. The summed E-state index contributed by atoms with van der Waals surface area (Å²) in [6.07, 6.45) is 0. The van der Waals surface area contributed by atoms with Crippen LogP contribution in [0.25, 0.3) is 0 Å². The highest BCUT2D eigenvalue weighted by Gasteiger charge is 2.17. The first-order chi connectivity index (χ1) is 8.88. The lowest BCUT2D eigenvalue weighted by Crippen LogP contribution is -2.22. The molecular weight excluding hydrogens is 286 g/mol. The van der Waals surface area contributed by atoms with E-state index in [2.05, 4.69) is 5.32 Å². The summed E-state index contributed by atoms with van der Waals surface area (Å²) in [7, 11) is -1.26. The molecule has 0 fully saturated rings. The number of hydrogen-bond acceptors (Lipinski definition) is 4. The highest BCUT2D eigenvalue weighted by atomic mass is 35.5. The summed E-state index contributed by atoms with van der Waals surface area (Å²) in [6, 6.07) is 5.47. The lowest BCUT2D eigenvalue weighted by Gasteiger charge is -2.14. The minimum Gasteiger partial charge on any atom is -0.491 e. The van der Waals surface area contributed by atoms with Gasteiger partial charge in [-0.15, -0.1) is 0 Å². The van der Waals surface area contributed by atoms with E-state index in [-0.39, 0.29) is 17.6 Å². The number of hydrogen-bond donors (Lipinski definition) is 1. The molecule has 0 spiro atoms. The van der Waals surface area contributed by atoms with E-state index in [9.17, 15) is 8.42 Å². The Hall–Kier alpha value is -0.780. The van der Waals surface area contributed by atoms with Crippen molar-refractivity contribution < 1.29 is 13.2 Å². The normalized spacial score (nSPS) is 11.8. The maximum absolute atomic E-state index is 11.7. The molecule has 0 aliphatic carbocycles. The molecule has 0 heterocycles. The van der Waals surface area contributed by atoms with E-state index in [0.29, 0.717) is 17.3 Å². The van der Waals surface area contributed by atoms with Crippen LogP contribution in [0.5, 0.6) is 5.75 Å². The van der Waals surface area contributed by atoms with Crippen molar-refractivity contribution in [2.45, 2.75) is 25.6 Å². The summed E-state index contributed by atoms with van der Waals surface area (Å²) in [5.74, 6) is 0.548. The Labute approximate surface area is 120 Å². The number of rotatable bonds is 7. The molecule has 6 heteroatoms. The predicted octanol–water partition coefficient (Wildman–Crippen LogP) is 2.26. The first-order valence-electron chi connectivity index (χ1n) is 6.15. The van der Waals surface area contributed by atoms with Gasteiger partial charge in [-0.05, 0) is 27.0 Å². The lowest BCUT2D eigenvalue weighted by molar-refractivity contribution is 0.336. The third-order valence-corrected chi connectivity index (χ3v) is 5.22. The predicted molar refractivity (Wildman–Crippen MR) is 78.6 cm³/mol. The Morgan fingerprint density at radius 2 is 2.05 bits per heavy atom. The van der Waals surface area contributed by atoms with Crippen molar-refractivity contribution in [1.82, 2.24) is 5.32 Å². The van der Waals surface area contributed by atoms with Crippen molar-refractivity contribution >= 4 is 21.4 Å². The molecule has 4 nitrogen and oxygen atoms in total. The summed E-state index contributed by atoms with van der Waals surface area (Å²) >= 11 is 6.08. The molecule has 0 bridgehead atoms. The van der Waals surface area contributed by atoms with Crippen LogP contribution in [0.2, 0.25) is 5.02 Å². The van der Waals surface area contributed by atoms with E-state index in [4.69, 9.17) is 16.3 Å². The molecule has 108 valence electrons. The summed E-state index contributed by atoms with van der Waals surface area (Å²) < 4.78 is 28.9. The molecule has 1 N–H and O–H groups in total. The summed E-state index contributed by atoms with van der Waals surface area (Å²) in [6.45, 7) is 4.06. The molecule has 1 aromatic rings. The SMILES string of the molecule is CNCc1cccc(Cl)c1OCCS(=O)(=O)C(C)C. The number of ether oxygens (including phenoxy) is 1. The Kier molecular flexibility index (Phi) is 6.10. The molecule has 19 heavy (non-hydrogen) atoms. The Balaban J connectivity index is 2.73. The van der Waals surface area contributed by atoms with E-state index in [1.165, 1.54) is 0 Å². The second kappa shape index (κ2) is 7.12. The number of para-hydroxylation sites is 1. The second-order valence-electron chi connectivity index (χ2n) is 4.52. The first kappa shape index (κ1) is 16.3. The molecule has 0 unspecified atom stereocenters. The lowest BCUT2D eigenvalue weighted by atomic mass is 10.2. The van der Waals surface area contributed by atoms with Crippen LogP contribution >= 0.6 is 11.6 Å². The topological polar surface area (TPSA) is 55.4 Å². The number of halogens is 1. The average molecular weight is 306 g/mol. The van der Waals surface area contributed by atoms with Gasteiger partial charge in [0.1, 0.15) is 12.4 Å². The fraction of sp³-hybridized carbons (Fsp3) is 0.538. The van der Waals surface area contributed by atoms with Gasteiger partial charge in [0.05, 0.1) is 16.0 Å². The van der Waals surface area contributed by atoms with E-state index >= 15 is 0 Å². The smallest absolute Gasteiger partial charge is 0.155 e. The maximum Gasteiger partial charge on any atom is 0.155 e. The molecule has 0 radical (unpaired) electrons. The minimum atomic E-state index is -3.09. The molecule has 0 aromatic heterocycles. The van der Waals surface area contributed by atoms with Gasteiger partial charge in [0.25, 0.3) is 0 Å². The van der Waals surface area contributed by atoms with E-state index in [1.54, 1.807) is 19.9 Å². The van der Waals surface area contributed by atoms with Gasteiger partial charge in [-0.2, -0.15) is 0 Å². The van der Waals surface area contributed by atoms with Crippen molar-refractivity contribution in [2.24, 2.45) is 0 Å². The van der Waals surface area contributed by atoms with Gasteiger partial charge >= 0.3 is 0 Å². The van der Waals surface area contributed by atoms with Gasteiger partial charge in [-0.1, -0.05) is 23.7 Å². The number of benzene rings is 1. The quantitative estimate of drug-likeness (QED) is 0.839. The molecule has 0 saturated heterocycles. The van der Waals surface area contributed by atoms with Gasteiger partial charge in [-0.3, -0.25) is 0 Å². The second-order valence-corrected chi connectivity index (χ2v) is 7.61. The van der Waals surface area contributed by atoms with Gasteiger partial charge in [-0.25, -0.2) is 8.42 Å². The largest absolute Gasteiger partial charge is 0.491 e. The highest BCUT2D eigenvalue weighted by molar-refractivity contribution is 7.91. The van der Waals surface area contributed by atoms with Gasteiger partial charge in [0.2, 0.25) is 0 Å². The summed E-state index contributed by atoms with van der Waals surface area (Å²) in [5, 5.41) is 3.13. The number of nitrogens with one attached hydrogen (secondary N) is 1. The van der Waals surface area contributed by atoms with Crippen LogP contribution in [0.1, 0.15) is 19.4 Å². The van der Waals surface area contributed by atoms with Crippen molar-refractivity contribution in [3.63, 3.8) is 0 Å². The van der Waals surface area contributed by atoms with Crippen molar-refractivity contribution in [1.29, 1.82) is 0 Å². The van der Waals surface area contributed by atoms with E-state index < -0.39 is 9.84 Å². The summed E-state index contributed by atoms with van der Waals surface area (Å²) in [4.78, 5) is 0. The molecular formula is C13H20ClNO3S. The van der Waals surface area contributed by atoms with Crippen LogP contribution in [0, 0.1) is 0 Å². The molecule has 1 aromatic carbocycles. The van der Waals surface area contributed by atoms with Crippen LogP contribution < -0.4 is 10.1 Å². The van der Waals surface area contributed by atoms with Crippen LogP contribution in [0.4, 0.5) is 0 Å². The van der Waals surface area contributed by atoms with Crippen molar-refractivity contribution in [3.8, 4) is 5.75 Å².